The van der Waals surface area contributed by atoms with Gasteiger partial charge in [-0.2, -0.15) is 0 Å². The van der Waals surface area contributed by atoms with E-state index in [4.69, 9.17) is 5.11 Å². The van der Waals surface area contributed by atoms with Gasteiger partial charge in [-0.3, -0.25) is 10.1 Å². The molecule has 27 heavy (non-hydrogen) atoms. The first-order valence-electron chi connectivity index (χ1n) is 7.76. The summed E-state index contributed by atoms with van der Waals surface area (Å²) in [5.74, 6) is -2.23. The zero-order valence-corrected chi connectivity index (χ0v) is 14.9. The molecule has 3 rings (SSSR count). The maximum Gasteiger partial charge on any atom is 0.337 e. The van der Waals surface area contributed by atoms with Crippen LogP contribution in [0, 0.1) is 0 Å². The minimum atomic E-state index is -1.17. The van der Waals surface area contributed by atoms with Crippen LogP contribution in [0.15, 0.2) is 70.2 Å². The first kappa shape index (κ1) is 18.2. The average molecular weight is 382 g/mol. The number of hydrogen-bond acceptors (Lipinski definition) is 7. The van der Waals surface area contributed by atoms with Gasteiger partial charge in [0.2, 0.25) is 0 Å². The van der Waals surface area contributed by atoms with Gasteiger partial charge >= 0.3 is 5.97 Å². The number of amides is 1. The van der Waals surface area contributed by atoms with Crippen LogP contribution >= 0.6 is 11.3 Å². The van der Waals surface area contributed by atoms with Crippen molar-refractivity contribution < 1.29 is 19.8 Å². The molecular formula is C18H14N4O4S. The fraction of sp³-hybridized carbons (Fsp3) is 0.0556. The van der Waals surface area contributed by atoms with Crippen LogP contribution in [0.1, 0.15) is 17.3 Å². The van der Waals surface area contributed by atoms with Gasteiger partial charge in [0.15, 0.2) is 10.8 Å². The van der Waals surface area contributed by atoms with E-state index in [0.29, 0.717) is 5.13 Å². The lowest BCUT2D eigenvalue weighted by Crippen LogP contribution is -2.14. The smallest absolute Gasteiger partial charge is 0.337 e. The Labute approximate surface area is 157 Å². The highest BCUT2D eigenvalue weighted by atomic mass is 32.1. The maximum absolute atomic E-state index is 12.4. The number of fused-ring (bicyclic) bond motifs is 1. The molecule has 0 aliphatic rings. The predicted molar refractivity (Wildman–Crippen MR) is 101 cm³/mol. The van der Waals surface area contributed by atoms with Gasteiger partial charge in [-0.1, -0.05) is 35.6 Å². The Morgan fingerprint density at radius 2 is 1.78 bits per heavy atom. The van der Waals surface area contributed by atoms with Crippen molar-refractivity contribution in [1.29, 1.82) is 0 Å². The highest BCUT2D eigenvalue weighted by molar-refractivity contribution is 7.22. The Morgan fingerprint density at radius 3 is 2.48 bits per heavy atom. The van der Waals surface area contributed by atoms with Gasteiger partial charge in [-0.15, -0.1) is 10.2 Å². The van der Waals surface area contributed by atoms with Gasteiger partial charge in [-0.25, -0.2) is 9.78 Å². The number of rotatable bonds is 5. The Kier molecular flexibility index (Phi) is 5.23. The molecule has 0 spiro atoms. The number of anilines is 1. The zero-order chi connectivity index (χ0) is 19.4. The zero-order valence-electron chi connectivity index (χ0n) is 14.1. The van der Waals surface area contributed by atoms with Gasteiger partial charge < -0.3 is 10.2 Å². The van der Waals surface area contributed by atoms with Gasteiger partial charge in [-0.05, 0) is 31.2 Å². The number of aliphatic hydroxyl groups excluding tert-OH is 1. The molecule has 1 amide bonds. The first-order valence-corrected chi connectivity index (χ1v) is 8.58. The first-order chi connectivity index (χ1) is 13.0. The monoisotopic (exact) mass is 382 g/mol. The molecule has 0 saturated carbocycles. The molecule has 136 valence electrons. The van der Waals surface area contributed by atoms with E-state index < -0.39 is 11.9 Å². The van der Waals surface area contributed by atoms with Crippen molar-refractivity contribution in [3.8, 4) is 0 Å². The van der Waals surface area contributed by atoms with Crippen molar-refractivity contribution in [3.05, 3.63) is 65.6 Å². The normalized spacial score (nSPS) is 12.2. The Hall–Kier alpha value is -3.59. The van der Waals surface area contributed by atoms with Crippen LogP contribution < -0.4 is 5.32 Å². The minimum Gasteiger partial charge on any atom is -0.510 e. The highest BCUT2D eigenvalue weighted by Gasteiger charge is 2.16. The largest absolute Gasteiger partial charge is 0.510 e. The van der Waals surface area contributed by atoms with Crippen LogP contribution in [0.2, 0.25) is 0 Å². The lowest BCUT2D eigenvalue weighted by molar-refractivity contribution is -0.113. The predicted octanol–water partition coefficient (Wildman–Crippen LogP) is 4.51. The molecule has 9 heteroatoms. The van der Waals surface area contributed by atoms with E-state index in [-0.39, 0.29) is 22.7 Å². The second-order valence-electron chi connectivity index (χ2n) is 5.40. The van der Waals surface area contributed by atoms with Crippen LogP contribution in [-0.2, 0) is 4.79 Å². The van der Waals surface area contributed by atoms with E-state index in [0.717, 1.165) is 10.2 Å². The fourth-order valence-corrected chi connectivity index (χ4v) is 3.07. The quantitative estimate of drug-likeness (QED) is 0.340. The Bertz CT molecular complexity index is 1050. The van der Waals surface area contributed by atoms with Crippen molar-refractivity contribution in [3.63, 3.8) is 0 Å². The molecule has 0 fully saturated rings. The van der Waals surface area contributed by atoms with Gasteiger partial charge in [0.05, 0.1) is 15.8 Å². The molecule has 0 saturated heterocycles. The number of nitrogens with zero attached hydrogens (tertiary/aromatic N) is 3. The number of aliphatic hydroxyl groups is 1. The molecular weight excluding hydrogens is 368 g/mol. The van der Waals surface area contributed by atoms with Crippen molar-refractivity contribution in [2.75, 3.05) is 5.32 Å². The molecule has 0 bridgehead atoms. The fourth-order valence-electron chi connectivity index (χ4n) is 2.21. The highest BCUT2D eigenvalue weighted by Crippen LogP contribution is 2.26. The number of para-hydroxylation sites is 1. The molecule has 1 heterocycles. The van der Waals surface area contributed by atoms with Crippen molar-refractivity contribution >= 4 is 44.2 Å². The molecule has 0 aliphatic heterocycles. The number of carbonyl (C=O) groups is 2. The summed E-state index contributed by atoms with van der Waals surface area (Å²) in [5, 5.41) is 29.4. The molecule has 0 atom stereocenters. The van der Waals surface area contributed by atoms with Gasteiger partial charge in [0.25, 0.3) is 5.91 Å². The second kappa shape index (κ2) is 7.75. The summed E-state index contributed by atoms with van der Waals surface area (Å²) in [4.78, 5) is 27.9. The number of allylic oxidation sites excluding steroid dienone is 1. The number of nitrogens with one attached hydrogen (secondary N) is 1. The average Bonchev–Trinajstić information content (AvgIpc) is 3.04. The summed E-state index contributed by atoms with van der Waals surface area (Å²) in [6.07, 6.45) is 0. The lowest BCUT2D eigenvalue weighted by atomic mass is 10.2. The third-order valence-corrected chi connectivity index (χ3v) is 4.42. The SMILES string of the molecule is C/C(O)=C(\N=Nc1ccccc1C(=O)O)C(=O)Nc1nc2ccccc2s1. The minimum absolute atomic E-state index is 0.0662. The number of carbonyl (C=O) groups excluding carboxylic acids is 1. The molecule has 0 unspecified atom stereocenters. The van der Waals surface area contributed by atoms with Crippen molar-refractivity contribution in [2.45, 2.75) is 6.92 Å². The van der Waals surface area contributed by atoms with Crippen LogP contribution in [0.4, 0.5) is 10.8 Å². The molecule has 3 aromatic rings. The summed E-state index contributed by atoms with van der Waals surface area (Å²) in [6.45, 7) is 1.29. The number of azo groups is 1. The van der Waals surface area contributed by atoms with Crippen LogP contribution in [0.5, 0.6) is 0 Å². The van der Waals surface area contributed by atoms with Crippen LogP contribution in [0.3, 0.4) is 0 Å². The second-order valence-corrected chi connectivity index (χ2v) is 6.43. The van der Waals surface area contributed by atoms with E-state index in [1.807, 2.05) is 24.3 Å². The molecule has 1 aromatic heterocycles. The van der Waals surface area contributed by atoms with E-state index in [2.05, 4.69) is 20.5 Å². The number of carboxylic acids is 1. The summed E-state index contributed by atoms with van der Waals surface area (Å²) in [6, 6.07) is 13.4. The number of hydrogen-bond donors (Lipinski definition) is 3. The van der Waals surface area contributed by atoms with Crippen LogP contribution in [0.25, 0.3) is 10.2 Å². The molecule has 3 N–H and O–H groups in total. The third-order valence-electron chi connectivity index (χ3n) is 3.46. The maximum atomic E-state index is 12.4. The number of aromatic nitrogens is 1. The van der Waals surface area contributed by atoms with Gasteiger partial charge in [0, 0.05) is 0 Å². The van der Waals surface area contributed by atoms with E-state index in [1.165, 1.54) is 30.4 Å². The van der Waals surface area contributed by atoms with E-state index in [9.17, 15) is 14.7 Å². The number of benzene rings is 2. The number of carboxylic acid groups (broad SMARTS) is 1. The Balaban J connectivity index is 1.84. The topological polar surface area (TPSA) is 124 Å². The summed E-state index contributed by atoms with van der Waals surface area (Å²) in [7, 11) is 0. The number of aromatic carboxylic acids is 1. The van der Waals surface area contributed by atoms with Crippen molar-refractivity contribution in [1.82, 2.24) is 4.98 Å². The molecule has 8 nitrogen and oxygen atoms in total. The Morgan fingerprint density at radius 1 is 1.07 bits per heavy atom. The summed E-state index contributed by atoms with van der Waals surface area (Å²) < 4.78 is 0.899. The van der Waals surface area contributed by atoms with E-state index in [1.54, 1.807) is 12.1 Å². The molecule has 2 aromatic carbocycles. The standard InChI is InChI=1S/C18H14N4O4S/c1-10(23)15(22-21-12-7-3-2-6-11(12)17(25)26)16(24)20-18-19-13-8-4-5-9-14(13)27-18/h2-9,23H,1H3,(H,25,26)(H,19,20,24)/b15-10+,22-21?. The summed E-state index contributed by atoms with van der Waals surface area (Å²) >= 11 is 1.28. The molecule has 0 aliphatic carbocycles. The lowest BCUT2D eigenvalue weighted by Gasteiger charge is -2.03. The number of thiazole rings is 1. The molecule has 0 radical (unpaired) electrons. The van der Waals surface area contributed by atoms with E-state index >= 15 is 0 Å². The van der Waals surface area contributed by atoms with Crippen LogP contribution in [-0.4, -0.2) is 27.1 Å². The van der Waals surface area contributed by atoms with Crippen molar-refractivity contribution in [2.24, 2.45) is 10.2 Å². The summed E-state index contributed by atoms with van der Waals surface area (Å²) in [5.41, 5.74) is 0.398. The third kappa shape index (κ3) is 4.15. The van der Waals surface area contributed by atoms with Gasteiger partial charge in [0.1, 0.15) is 11.4 Å².